The second-order valence-corrected chi connectivity index (χ2v) is 8.00. The lowest BCUT2D eigenvalue weighted by atomic mass is 10.1. The van der Waals surface area contributed by atoms with Gasteiger partial charge in [0, 0.05) is 31.4 Å². The van der Waals surface area contributed by atoms with E-state index in [1.54, 1.807) is 23.6 Å². The van der Waals surface area contributed by atoms with Crippen LogP contribution in [0.1, 0.15) is 59.6 Å². The Hall–Kier alpha value is -3.49. The smallest absolute Gasteiger partial charge is 0.342 e. The van der Waals surface area contributed by atoms with Crippen LogP contribution in [0.2, 0.25) is 0 Å². The fourth-order valence-electron chi connectivity index (χ4n) is 3.93. The quantitative estimate of drug-likeness (QED) is 0.673. The molecule has 0 bridgehead atoms. The number of aromatic nitrogens is 2. The molecule has 1 aliphatic heterocycles. The molecule has 2 aromatic rings. The lowest BCUT2D eigenvalue weighted by molar-refractivity contribution is 0.0502. The van der Waals surface area contributed by atoms with Crippen molar-refractivity contribution in [2.45, 2.75) is 46.6 Å². The second-order valence-electron chi connectivity index (χ2n) is 8.00. The van der Waals surface area contributed by atoms with Gasteiger partial charge in [-0.1, -0.05) is 31.5 Å². The highest BCUT2D eigenvalue weighted by Crippen LogP contribution is 2.20. The van der Waals surface area contributed by atoms with Crippen LogP contribution in [-0.2, 0) is 11.2 Å². The maximum Gasteiger partial charge on any atom is 0.342 e. The number of esters is 1. The summed E-state index contributed by atoms with van der Waals surface area (Å²) in [7, 11) is 0. The van der Waals surface area contributed by atoms with Crippen molar-refractivity contribution in [3.05, 3.63) is 53.1 Å². The van der Waals surface area contributed by atoms with Gasteiger partial charge < -0.3 is 19.9 Å². The van der Waals surface area contributed by atoms with Crippen LogP contribution in [0.4, 0.5) is 10.5 Å². The van der Waals surface area contributed by atoms with Crippen molar-refractivity contribution in [1.82, 2.24) is 19.8 Å². The molecule has 9 heteroatoms. The number of anilines is 1. The number of para-hydroxylation sites is 1. The molecule has 1 aliphatic rings. The Morgan fingerprint density at radius 2 is 1.85 bits per heavy atom. The highest BCUT2D eigenvalue weighted by Gasteiger charge is 2.34. The lowest BCUT2D eigenvalue weighted by Crippen LogP contribution is -2.56. The van der Waals surface area contributed by atoms with E-state index in [2.05, 4.69) is 15.3 Å². The summed E-state index contributed by atoms with van der Waals surface area (Å²) in [4.78, 5) is 51.0. The van der Waals surface area contributed by atoms with E-state index >= 15 is 0 Å². The average Bonchev–Trinajstić information content (AvgIpc) is 2.79. The molecule has 0 spiro atoms. The van der Waals surface area contributed by atoms with Crippen LogP contribution >= 0.6 is 0 Å². The van der Waals surface area contributed by atoms with Crippen LogP contribution in [0.3, 0.4) is 0 Å². The summed E-state index contributed by atoms with van der Waals surface area (Å²) >= 11 is 0. The molecule has 0 radical (unpaired) electrons. The zero-order chi connectivity index (χ0) is 24.0. The maximum atomic E-state index is 13.5. The van der Waals surface area contributed by atoms with Crippen LogP contribution < -0.4 is 5.32 Å². The first-order valence-corrected chi connectivity index (χ1v) is 11.3. The summed E-state index contributed by atoms with van der Waals surface area (Å²) in [6, 6.07) is 8.82. The normalized spacial score (nSPS) is 15.8. The molecule has 1 unspecified atom stereocenters. The summed E-state index contributed by atoms with van der Waals surface area (Å²) in [6.45, 7) is 8.52. The van der Waals surface area contributed by atoms with E-state index in [0.717, 1.165) is 6.42 Å². The van der Waals surface area contributed by atoms with Crippen LogP contribution in [0, 0.1) is 6.92 Å². The Morgan fingerprint density at radius 1 is 1.12 bits per heavy atom. The molecule has 3 amide bonds. The van der Waals surface area contributed by atoms with Gasteiger partial charge in [0.1, 0.15) is 17.1 Å². The molecular formula is C24H31N5O4. The van der Waals surface area contributed by atoms with Crippen LogP contribution in [-0.4, -0.2) is 70.0 Å². The van der Waals surface area contributed by atoms with Gasteiger partial charge in [-0.25, -0.2) is 19.6 Å². The predicted octanol–water partition coefficient (Wildman–Crippen LogP) is 3.29. The van der Waals surface area contributed by atoms with Crippen LogP contribution in [0.15, 0.2) is 30.3 Å². The monoisotopic (exact) mass is 453 g/mol. The molecule has 0 saturated carbocycles. The third kappa shape index (κ3) is 5.66. The van der Waals surface area contributed by atoms with Gasteiger partial charge in [-0.3, -0.25) is 4.79 Å². The van der Waals surface area contributed by atoms with E-state index in [1.165, 1.54) is 0 Å². The largest absolute Gasteiger partial charge is 0.462 e. The minimum Gasteiger partial charge on any atom is -0.462 e. The first-order valence-electron chi connectivity index (χ1n) is 11.3. The highest BCUT2D eigenvalue weighted by atomic mass is 16.5. The topological polar surface area (TPSA) is 105 Å². The molecule has 1 saturated heterocycles. The summed E-state index contributed by atoms with van der Waals surface area (Å²) in [5, 5.41) is 2.89. The standard InChI is InChI=1S/C24H31N5O4/c1-5-10-19-20(23(31)33-6-2)21(26-17(4)25-19)22(30)28-13-14-29(16(3)15-28)24(32)27-18-11-8-7-9-12-18/h7-9,11-12,16H,5-6,10,13-15H2,1-4H3,(H,27,32). The number of aryl methyl sites for hydroxylation is 2. The van der Waals surface area contributed by atoms with Gasteiger partial charge in [0.15, 0.2) is 0 Å². The molecule has 1 N–H and O–H groups in total. The fourth-order valence-corrected chi connectivity index (χ4v) is 3.93. The zero-order valence-corrected chi connectivity index (χ0v) is 19.6. The summed E-state index contributed by atoms with van der Waals surface area (Å²) in [6.07, 6.45) is 1.31. The number of amides is 3. The van der Waals surface area contributed by atoms with Crippen molar-refractivity contribution in [2.24, 2.45) is 0 Å². The van der Waals surface area contributed by atoms with Crippen LogP contribution in [0.25, 0.3) is 0 Å². The molecule has 0 aliphatic carbocycles. The second kappa shape index (κ2) is 10.9. The molecule has 176 valence electrons. The number of hydrogen-bond donors (Lipinski definition) is 1. The number of piperazine rings is 1. The first-order chi connectivity index (χ1) is 15.8. The fraction of sp³-hybridized carbons (Fsp3) is 0.458. The van der Waals surface area contributed by atoms with E-state index < -0.39 is 5.97 Å². The van der Waals surface area contributed by atoms with E-state index in [0.29, 0.717) is 43.3 Å². The van der Waals surface area contributed by atoms with Gasteiger partial charge in [0.05, 0.1) is 12.3 Å². The lowest BCUT2D eigenvalue weighted by Gasteiger charge is -2.39. The molecule has 33 heavy (non-hydrogen) atoms. The SMILES string of the molecule is CCCc1nc(C)nc(C(=O)N2CCN(C(=O)Nc3ccccc3)C(C)C2)c1C(=O)OCC. The minimum atomic E-state index is -0.585. The zero-order valence-electron chi connectivity index (χ0n) is 19.6. The van der Waals surface area contributed by atoms with E-state index in [9.17, 15) is 14.4 Å². The molecule has 9 nitrogen and oxygen atoms in total. The van der Waals surface area contributed by atoms with Gasteiger partial charge >= 0.3 is 12.0 Å². The first kappa shape index (κ1) is 24.2. The van der Waals surface area contributed by atoms with Crippen molar-refractivity contribution in [1.29, 1.82) is 0 Å². The van der Waals surface area contributed by atoms with Gasteiger partial charge in [-0.15, -0.1) is 0 Å². The van der Waals surface area contributed by atoms with Crippen molar-refractivity contribution >= 4 is 23.6 Å². The van der Waals surface area contributed by atoms with Gasteiger partial charge in [0.2, 0.25) is 0 Å². The van der Waals surface area contributed by atoms with Crippen molar-refractivity contribution < 1.29 is 19.1 Å². The number of carbonyl (C=O) groups is 3. The number of rotatable bonds is 6. The average molecular weight is 454 g/mol. The highest BCUT2D eigenvalue weighted by molar-refractivity contribution is 6.04. The molecule has 1 fully saturated rings. The molecule has 3 rings (SSSR count). The Bertz CT molecular complexity index is 1010. The molecular weight excluding hydrogens is 422 g/mol. The molecule has 1 aromatic heterocycles. The maximum absolute atomic E-state index is 13.5. The molecule has 1 aromatic carbocycles. The molecule has 2 heterocycles. The van der Waals surface area contributed by atoms with Crippen molar-refractivity contribution in [3.63, 3.8) is 0 Å². The van der Waals surface area contributed by atoms with Crippen molar-refractivity contribution in [3.8, 4) is 0 Å². The third-order valence-corrected chi connectivity index (χ3v) is 5.47. The van der Waals surface area contributed by atoms with E-state index in [1.807, 2.05) is 44.2 Å². The Morgan fingerprint density at radius 3 is 2.48 bits per heavy atom. The summed E-state index contributed by atoms with van der Waals surface area (Å²) < 4.78 is 5.21. The van der Waals surface area contributed by atoms with Crippen LogP contribution in [0.5, 0.6) is 0 Å². The van der Waals surface area contributed by atoms with Gasteiger partial charge in [-0.2, -0.15) is 0 Å². The summed E-state index contributed by atoms with van der Waals surface area (Å²) in [5.41, 5.74) is 1.46. The number of ether oxygens (including phenoxy) is 1. The number of hydrogen-bond acceptors (Lipinski definition) is 6. The van der Waals surface area contributed by atoms with E-state index in [-0.39, 0.29) is 35.8 Å². The van der Waals surface area contributed by atoms with Gasteiger partial charge in [0.25, 0.3) is 5.91 Å². The van der Waals surface area contributed by atoms with E-state index in [4.69, 9.17) is 4.74 Å². The predicted molar refractivity (Wildman–Crippen MR) is 124 cm³/mol. The number of carbonyl (C=O) groups excluding carboxylic acids is 3. The van der Waals surface area contributed by atoms with Gasteiger partial charge in [-0.05, 0) is 39.3 Å². The third-order valence-electron chi connectivity index (χ3n) is 5.47. The minimum absolute atomic E-state index is 0.0683. The number of nitrogens with one attached hydrogen (secondary N) is 1. The Kier molecular flexibility index (Phi) is 7.97. The summed E-state index contributed by atoms with van der Waals surface area (Å²) in [5.74, 6) is -0.502. The Balaban J connectivity index is 1.79. The number of benzene rings is 1. The Labute approximate surface area is 194 Å². The number of urea groups is 1. The molecule has 1 atom stereocenters. The van der Waals surface area contributed by atoms with Crippen molar-refractivity contribution in [2.75, 3.05) is 31.6 Å². The number of nitrogens with zero attached hydrogens (tertiary/aromatic N) is 4.